The smallest absolute Gasteiger partial charge is 0.255 e. The third-order valence-corrected chi connectivity index (χ3v) is 4.45. The van der Waals surface area contributed by atoms with Gasteiger partial charge in [-0.1, -0.05) is 44.2 Å². The van der Waals surface area contributed by atoms with Gasteiger partial charge in [0, 0.05) is 22.5 Å². The highest BCUT2D eigenvalue weighted by Crippen LogP contribution is 2.19. The summed E-state index contributed by atoms with van der Waals surface area (Å²) in [5.41, 5.74) is 3.22. The molecule has 0 atom stereocenters. The van der Waals surface area contributed by atoms with E-state index in [-0.39, 0.29) is 11.8 Å². The number of anilines is 2. The number of carbonyl (C=O) groups is 2. The molecule has 154 valence electrons. The van der Waals surface area contributed by atoms with Crippen LogP contribution in [0, 0.1) is 12.8 Å². The van der Waals surface area contributed by atoms with Gasteiger partial charge in [0.1, 0.15) is 5.75 Å². The van der Waals surface area contributed by atoms with Crippen molar-refractivity contribution in [2.24, 2.45) is 5.92 Å². The zero-order chi connectivity index (χ0) is 21.5. The molecule has 0 unspecified atom stereocenters. The van der Waals surface area contributed by atoms with Gasteiger partial charge >= 0.3 is 0 Å². The molecular formula is C25H26N2O3. The zero-order valence-corrected chi connectivity index (χ0v) is 17.4. The average molecular weight is 402 g/mol. The molecule has 0 radical (unpaired) electrons. The molecule has 2 N–H and O–H groups in total. The summed E-state index contributed by atoms with van der Waals surface area (Å²) >= 11 is 0. The molecule has 0 saturated heterocycles. The van der Waals surface area contributed by atoms with Gasteiger partial charge in [-0.2, -0.15) is 0 Å². The number of hydrogen-bond acceptors (Lipinski definition) is 3. The topological polar surface area (TPSA) is 67.4 Å². The fraction of sp³-hybridized carbons (Fsp3) is 0.200. The van der Waals surface area contributed by atoms with E-state index in [2.05, 4.69) is 24.5 Å². The summed E-state index contributed by atoms with van der Waals surface area (Å²) in [6, 6.07) is 21.6. The molecule has 0 bridgehead atoms. The lowest BCUT2D eigenvalue weighted by Crippen LogP contribution is -2.15. The van der Waals surface area contributed by atoms with Crippen molar-refractivity contribution in [2.45, 2.75) is 20.8 Å². The van der Waals surface area contributed by atoms with Gasteiger partial charge in [0.05, 0.1) is 6.61 Å². The third kappa shape index (κ3) is 5.70. The van der Waals surface area contributed by atoms with Crippen LogP contribution in [0.3, 0.4) is 0 Å². The Morgan fingerprint density at radius 2 is 1.50 bits per heavy atom. The maximum absolute atomic E-state index is 12.7. The van der Waals surface area contributed by atoms with Gasteiger partial charge in [0.15, 0.2) is 0 Å². The molecule has 3 rings (SSSR count). The Morgan fingerprint density at radius 1 is 0.833 bits per heavy atom. The van der Waals surface area contributed by atoms with Crippen LogP contribution in [0.2, 0.25) is 0 Å². The highest BCUT2D eigenvalue weighted by Gasteiger charge is 2.11. The van der Waals surface area contributed by atoms with Gasteiger partial charge in [-0.05, 0) is 60.9 Å². The van der Waals surface area contributed by atoms with E-state index in [1.165, 1.54) is 0 Å². The van der Waals surface area contributed by atoms with Crippen LogP contribution in [0.5, 0.6) is 5.75 Å². The van der Waals surface area contributed by atoms with E-state index in [1.54, 1.807) is 48.5 Å². The average Bonchev–Trinajstić information content (AvgIpc) is 2.73. The molecule has 3 aromatic rings. The quantitative estimate of drug-likeness (QED) is 0.546. The molecule has 0 aliphatic carbocycles. The fourth-order valence-corrected chi connectivity index (χ4v) is 2.89. The van der Waals surface area contributed by atoms with E-state index in [9.17, 15) is 9.59 Å². The molecular weight excluding hydrogens is 376 g/mol. The predicted molar refractivity (Wildman–Crippen MR) is 120 cm³/mol. The fourth-order valence-electron chi connectivity index (χ4n) is 2.89. The lowest BCUT2D eigenvalue weighted by Gasteiger charge is -2.11. The van der Waals surface area contributed by atoms with E-state index in [4.69, 9.17) is 4.74 Å². The second kappa shape index (κ2) is 9.74. The van der Waals surface area contributed by atoms with Crippen molar-refractivity contribution in [3.05, 3.63) is 89.5 Å². The van der Waals surface area contributed by atoms with Crippen LogP contribution in [0.25, 0.3) is 0 Å². The SMILES string of the molecule is Cc1ccccc1C(=O)Nc1cccc(NC(=O)c2cccc(OCC(C)C)c2)c1. The first kappa shape index (κ1) is 21.1. The molecule has 0 aliphatic heterocycles. The number of benzene rings is 3. The molecule has 0 aromatic heterocycles. The number of rotatable bonds is 7. The number of amides is 2. The van der Waals surface area contributed by atoms with Crippen molar-refractivity contribution in [3.63, 3.8) is 0 Å². The van der Waals surface area contributed by atoms with Crippen LogP contribution in [0.4, 0.5) is 11.4 Å². The normalized spacial score (nSPS) is 10.5. The second-order valence-electron chi connectivity index (χ2n) is 7.54. The van der Waals surface area contributed by atoms with E-state index >= 15 is 0 Å². The van der Waals surface area contributed by atoms with Crippen LogP contribution in [0.1, 0.15) is 40.1 Å². The highest BCUT2D eigenvalue weighted by atomic mass is 16.5. The molecule has 30 heavy (non-hydrogen) atoms. The van der Waals surface area contributed by atoms with E-state index in [1.807, 2.05) is 31.2 Å². The third-order valence-electron chi connectivity index (χ3n) is 4.45. The van der Waals surface area contributed by atoms with Crippen LogP contribution < -0.4 is 15.4 Å². The Hall–Kier alpha value is -3.60. The molecule has 0 spiro atoms. The predicted octanol–water partition coefficient (Wildman–Crippen LogP) is 5.53. The molecule has 5 nitrogen and oxygen atoms in total. The van der Waals surface area contributed by atoms with E-state index in [0.29, 0.717) is 40.8 Å². The molecule has 2 amide bonds. The Morgan fingerprint density at radius 3 is 2.20 bits per heavy atom. The summed E-state index contributed by atoms with van der Waals surface area (Å²) in [4.78, 5) is 25.2. The van der Waals surface area contributed by atoms with Crippen molar-refractivity contribution in [2.75, 3.05) is 17.2 Å². The first-order valence-corrected chi connectivity index (χ1v) is 9.93. The van der Waals surface area contributed by atoms with Crippen LogP contribution in [0.15, 0.2) is 72.8 Å². The van der Waals surface area contributed by atoms with Crippen molar-refractivity contribution < 1.29 is 14.3 Å². The summed E-state index contributed by atoms with van der Waals surface area (Å²) < 4.78 is 5.70. The lowest BCUT2D eigenvalue weighted by atomic mass is 10.1. The summed E-state index contributed by atoms with van der Waals surface area (Å²) in [6.45, 7) is 6.63. The number of aryl methyl sites for hydroxylation is 1. The van der Waals surface area contributed by atoms with Crippen LogP contribution in [-0.4, -0.2) is 18.4 Å². The minimum Gasteiger partial charge on any atom is -0.493 e. The lowest BCUT2D eigenvalue weighted by molar-refractivity contribution is 0.101. The van der Waals surface area contributed by atoms with Gasteiger partial charge < -0.3 is 15.4 Å². The molecule has 0 heterocycles. The highest BCUT2D eigenvalue weighted by molar-refractivity contribution is 6.07. The molecule has 0 fully saturated rings. The molecule has 5 heteroatoms. The van der Waals surface area contributed by atoms with Gasteiger partial charge in [0.25, 0.3) is 11.8 Å². The Kier molecular flexibility index (Phi) is 6.86. The number of hydrogen-bond donors (Lipinski definition) is 2. The largest absolute Gasteiger partial charge is 0.493 e. The van der Waals surface area contributed by atoms with Gasteiger partial charge in [-0.25, -0.2) is 0 Å². The zero-order valence-electron chi connectivity index (χ0n) is 17.4. The first-order chi connectivity index (χ1) is 14.4. The number of carbonyl (C=O) groups excluding carboxylic acids is 2. The summed E-state index contributed by atoms with van der Waals surface area (Å²) in [6.07, 6.45) is 0. The first-order valence-electron chi connectivity index (χ1n) is 9.93. The molecule has 0 saturated carbocycles. The monoisotopic (exact) mass is 402 g/mol. The molecule has 0 aliphatic rings. The Balaban J connectivity index is 1.68. The van der Waals surface area contributed by atoms with Crippen molar-refractivity contribution in [1.82, 2.24) is 0 Å². The molecule has 3 aromatic carbocycles. The standard InChI is InChI=1S/C25H26N2O3/c1-17(2)16-30-22-12-6-9-19(14-22)24(28)26-20-10-7-11-21(15-20)27-25(29)23-13-5-4-8-18(23)3/h4-15,17H,16H2,1-3H3,(H,26,28)(H,27,29). The second-order valence-corrected chi connectivity index (χ2v) is 7.54. The van der Waals surface area contributed by atoms with Crippen molar-refractivity contribution in [3.8, 4) is 5.75 Å². The minimum absolute atomic E-state index is 0.188. The van der Waals surface area contributed by atoms with E-state index < -0.39 is 0 Å². The Bertz CT molecular complexity index is 1040. The van der Waals surface area contributed by atoms with E-state index in [0.717, 1.165) is 5.56 Å². The maximum Gasteiger partial charge on any atom is 0.255 e. The van der Waals surface area contributed by atoms with Crippen LogP contribution in [-0.2, 0) is 0 Å². The van der Waals surface area contributed by atoms with Gasteiger partial charge in [-0.3, -0.25) is 9.59 Å². The number of nitrogens with one attached hydrogen (secondary N) is 2. The van der Waals surface area contributed by atoms with Gasteiger partial charge in [-0.15, -0.1) is 0 Å². The Labute approximate surface area is 177 Å². The number of ether oxygens (including phenoxy) is 1. The van der Waals surface area contributed by atoms with Gasteiger partial charge in [0.2, 0.25) is 0 Å². The van der Waals surface area contributed by atoms with Crippen LogP contribution >= 0.6 is 0 Å². The maximum atomic E-state index is 12.7. The summed E-state index contributed by atoms with van der Waals surface area (Å²) in [5.74, 6) is 0.634. The van der Waals surface area contributed by atoms with Crippen molar-refractivity contribution in [1.29, 1.82) is 0 Å². The summed E-state index contributed by atoms with van der Waals surface area (Å²) in [7, 11) is 0. The summed E-state index contributed by atoms with van der Waals surface area (Å²) in [5, 5.41) is 5.75. The minimum atomic E-state index is -0.243. The van der Waals surface area contributed by atoms with Crippen molar-refractivity contribution >= 4 is 23.2 Å².